The molecular formula is C14H14BrNO3. The minimum absolute atomic E-state index is 0.106. The molecule has 0 atom stereocenters. The number of H-pyrrole nitrogens is 1. The van der Waals surface area contributed by atoms with Gasteiger partial charge in [0.15, 0.2) is 0 Å². The number of hydrogen-bond donors (Lipinski definition) is 1. The molecule has 0 aliphatic rings. The summed E-state index contributed by atoms with van der Waals surface area (Å²) >= 11 is 3.40. The van der Waals surface area contributed by atoms with Crippen LogP contribution in [0.3, 0.4) is 0 Å². The largest absolute Gasteiger partial charge is 0.462 e. The standard InChI is InChI=1S/C14H14BrNO3/c1-3-10-11(14(18)19-4-2)13(17)8-6-5-7-9(15)12(8)16-10/h5-7H,3-4H2,1-2H3,(H,16,17). The van der Waals surface area contributed by atoms with Gasteiger partial charge in [-0.05, 0) is 41.4 Å². The van der Waals surface area contributed by atoms with E-state index in [4.69, 9.17) is 4.74 Å². The molecule has 0 unspecified atom stereocenters. The SMILES string of the molecule is CCOC(=O)c1c(CC)[nH]c2c(Br)cccc2c1=O. The van der Waals surface area contributed by atoms with Gasteiger partial charge in [-0.3, -0.25) is 4.79 Å². The van der Waals surface area contributed by atoms with E-state index in [0.717, 1.165) is 4.47 Å². The number of ether oxygens (including phenoxy) is 1. The summed E-state index contributed by atoms with van der Waals surface area (Å²) in [5.74, 6) is -0.567. The average Bonchev–Trinajstić information content (AvgIpc) is 2.39. The van der Waals surface area contributed by atoms with E-state index in [2.05, 4.69) is 20.9 Å². The van der Waals surface area contributed by atoms with E-state index in [9.17, 15) is 9.59 Å². The first kappa shape index (κ1) is 13.8. The average molecular weight is 324 g/mol. The number of aromatic amines is 1. The van der Waals surface area contributed by atoms with Crippen molar-refractivity contribution in [3.63, 3.8) is 0 Å². The molecule has 5 heteroatoms. The van der Waals surface area contributed by atoms with Crippen molar-refractivity contribution < 1.29 is 9.53 Å². The summed E-state index contributed by atoms with van der Waals surface area (Å²) in [5, 5.41) is 0.481. The fourth-order valence-electron chi connectivity index (χ4n) is 2.01. The minimum atomic E-state index is -0.567. The summed E-state index contributed by atoms with van der Waals surface area (Å²) in [6, 6.07) is 5.31. The number of fused-ring (bicyclic) bond motifs is 1. The number of halogens is 1. The molecule has 2 rings (SSSR count). The lowest BCUT2D eigenvalue weighted by molar-refractivity contribution is 0.0523. The van der Waals surface area contributed by atoms with Crippen LogP contribution < -0.4 is 5.43 Å². The maximum Gasteiger partial charge on any atom is 0.343 e. The van der Waals surface area contributed by atoms with Crippen LogP contribution in [0.25, 0.3) is 10.9 Å². The van der Waals surface area contributed by atoms with Gasteiger partial charge < -0.3 is 9.72 Å². The number of pyridine rings is 1. The second-order valence-corrected chi connectivity index (χ2v) is 4.90. The Kier molecular flexibility index (Phi) is 4.04. The second-order valence-electron chi connectivity index (χ2n) is 4.04. The Hall–Kier alpha value is -1.62. The molecule has 0 aliphatic carbocycles. The van der Waals surface area contributed by atoms with E-state index in [0.29, 0.717) is 23.0 Å². The van der Waals surface area contributed by atoms with E-state index in [-0.39, 0.29) is 17.6 Å². The highest BCUT2D eigenvalue weighted by molar-refractivity contribution is 9.10. The first-order chi connectivity index (χ1) is 9.10. The quantitative estimate of drug-likeness (QED) is 0.883. The fraction of sp³-hybridized carbons (Fsp3) is 0.286. The molecule has 4 nitrogen and oxygen atoms in total. The zero-order valence-electron chi connectivity index (χ0n) is 10.7. The molecule has 1 aromatic heterocycles. The molecule has 0 fully saturated rings. The summed E-state index contributed by atoms with van der Waals surface area (Å²) in [4.78, 5) is 27.5. The van der Waals surface area contributed by atoms with Crippen LogP contribution in [-0.4, -0.2) is 17.6 Å². The highest BCUT2D eigenvalue weighted by atomic mass is 79.9. The first-order valence-electron chi connectivity index (χ1n) is 6.10. The first-order valence-corrected chi connectivity index (χ1v) is 6.89. The lowest BCUT2D eigenvalue weighted by Crippen LogP contribution is -2.21. The number of para-hydroxylation sites is 1. The lowest BCUT2D eigenvalue weighted by Gasteiger charge is -2.10. The number of esters is 1. The highest BCUT2D eigenvalue weighted by Gasteiger charge is 2.19. The van der Waals surface area contributed by atoms with Gasteiger partial charge in [-0.15, -0.1) is 0 Å². The van der Waals surface area contributed by atoms with E-state index < -0.39 is 5.97 Å². The zero-order chi connectivity index (χ0) is 14.0. The minimum Gasteiger partial charge on any atom is -0.462 e. The van der Waals surface area contributed by atoms with Crippen LogP contribution in [0.2, 0.25) is 0 Å². The molecule has 0 bridgehead atoms. The number of rotatable bonds is 3. The van der Waals surface area contributed by atoms with Crippen molar-refractivity contribution in [2.75, 3.05) is 6.61 Å². The summed E-state index contributed by atoms with van der Waals surface area (Å²) in [6.45, 7) is 3.85. The Morgan fingerprint density at radius 1 is 1.37 bits per heavy atom. The Bertz CT molecular complexity index is 691. The van der Waals surface area contributed by atoms with E-state index in [1.54, 1.807) is 19.1 Å². The summed E-state index contributed by atoms with van der Waals surface area (Å²) in [7, 11) is 0. The summed E-state index contributed by atoms with van der Waals surface area (Å²) < 4.78 is 5.76. The number of nitrogens with one attached hydrogen (secondary N) is 1. The van der Waals surface area contributed by atoms with Crippen molar-refractivity contribution >= 4 is 32.8 Å². The fourth-order valence-corrected chi connectivity index (χ4v) is 2.48. The monoisotopic (exact) mass is 323 g/mol. The van der Waals surface area contributed by atoms with Crippen molar-refractivity contribution in [2.24, 2.45) is 0 Å². The molecular weight excluding hydrogens is 310 g/mol. The van der Waals surface area contributed by atoms with Crippen LogP contribution in [0.1, 0.15) is 29.9 Å². The zero-order valence-corrected chi connectivity index (χ0v) is 12.3. The van der Waals surface area contributed by atoms with Gasteiger partial charge in [0.1, 0.15) is 5.56 Å². The Morgan fingerprint density at radius 3 is 2.74 bits per heavy atom. The molecule has 0 amide bonds. The van der Waals surface area contributed by atoms with Gasteiger partial charge in [-0.2, -0.15) is 0 Å². The number of carbonyl (C=O) groups is 1. The normalized spacial score (nSPS) is 10.7. The lowest BCUT2D eigenvalue weighted by atomic mass is 10.1. The maximum atomic E-state index is 12.4. The number of hydrogen-bond acceptors (Lipinski definition) is 3. The van der Waals surface area contributed by atoms with Gasteiger partial charge in [0.25, 0.3) is 0 Å². The summed E-state index contributed by atoms with van der Waals surface area (Å²) in [6.07, 6.45) is 0.556. The molecule has 0 saturated carbocycles. The molecule has 100 valence electrons. The number of aromatic nitrogens is 1. The third-order valence-corrected chi connectivity index (χ3v) is 3.56. The third kappa shape index (κ3) is 2.42. The van der Waals surface area contributed by atoms with Crippen LogP contribution >= 0.6 is 15.9 Å². The van der Waals surface area contributed by atoms with Crippen molar-refractivity contribution in [2.45, 2.75) is 20.3 Å². The molecule has 1 N–H and O–H groups in total. The maximum absolute atomic E-state index is 12.4. The van der Waals surface area contributed by atoms with Gasteiger partial charge in [0.2, 0.25) is 5.43 Å². The molecule has 0 radical (unpaired) electrons. The van der Waals surface area contributed by atoms with Crippen molar-refractivity contribution in [1.29, 1.82) is 0 Å². The highest BCUT2D eigenvalue weighted by Crippen LogP contribution is 2.21. The molecule has 1 aromatic carbocycles. The number of aryl methyl sites for hydroxylation is 1. The van der Waals surface area contributed by atoms with Gasteiger partial charge >= 0.3 is 5.97 Å². The molecule has 0 spiro atoms. The van der Waals surface area contributed by atoms with Crippen LogP contribution in [0, 0.1) is 0 Å². The van der Waals surface area contributed by atoms with E-state index >= 15 is 0 Å². The predicted molar refractivity (Wildman–Crippen MR) is 77.6 cm³/mol. The van der Waals surface area contributed by atoms with Crippen LogP contribution in [-0.2, 0) is 11.2 Å². The van der Waals surface area contributed by atoms with E-state index in [1.165, 1.54) is 0 Å². The Labute approximate surface area is 118 Å². The Balaban J connectivity index is 2.80. The van der Waals surface area contributed by atoms with Crippen molar-refractivity contribution in [1.82, 2.24) is 4.98 Å². The third-order valence-electron chi connectivity index (χ3n) is 2.90. The number of benzene rings is 1. The molecule has 0 aliphatic heterocycles. The Morgan fingerprint density at radius 2 is 2.11 bits per heavy atom. The molecule has 19 heavy (non-hydrogen) atoms. The number of carbonyl (C=O) groups excluding carboxylic acids is 1. The van der Waals surface area contributed by atoms with Gasteiger partial charge in [0, 0.05) is 15.6 Å². The van der Waals surface area contributed by atoms with Crippen molar-refractivity contribution in [3.8, 4) is 0 Å². The van der Waals surface area contributed by atoms with Crippen LogP contribution in [0.4, 0.5) is 0 Å². The van der Waals surface area contributed by atoms with Gasteiger partial charge in [0.05, 0.1) is 12.1 Å². The van der Waals surface area contributed by atoms with Gasteiger partial charge in [-0.25, -0.2) is 4.79 Å². The smallest absolute Gasteiger partial charge is 0.343 e. The topological polar surface area (TPSA) is 59.2 Å². The van der Waals surface area contributed by atoms with Crippen LogP contribution in [0.5, 0.6) is 0 Å². The van der Waals surface area contributed by atoms with Gasteiger partial charge in [-0.1, -0.05) is 13.0 Å². The molecule has 2 aromatic rings. The van der Waals surface area contributed by atoms with Crippen LogP contribution in [0.15, 0.2) is 27.5 Å². The predicted octanol–water partition coefficient (Wildman–Crippen LogP) is 3.03. The molecule has 0 saturated heterocycles. The van der Waals surface area contributed by atoms with E-state index in [1.807, 2.05) is 13.0 Å². The molecule has 1 heterocycles. The van der Waals surface area contributed by atoms with Crippen molar-refractivity contribution in [3.05, 3.63) is 44.2 Å². The second kappa shape index (κ2) is 5.57. The summed E-state index contributed by atoms with van der Waals surface area (Å²) in [5.41, 5.74) is 1.13.